The molecule has 1 aliphatic heterocycles. The highest BCUT2D eigenvalue weighted by Crippen LogP contribution is 2.09. The van der Waals surface area contributed by atoms with Gasteiger partial charge in [0.1, 0.15) is 12.4 Å². The Morgan fingerprint density at radius 3 is 2.95 bits per heavy atom. The Morgan fingerprint density at radius 2 is 2.30 bits per heavy atom. The van der Waals surface area contributed by atoms with Gasteiger partial charge >= 0.3 is 6.03 Å². The number of piperidine rings is 1. The van der Waals surface area contributed by atoms with E-state index in [9.17, 15) is 4.79 Å². The summed E-state index contributed by atoms with van der Waals surface area (Å²) in [6.45, 7) is 3.68. The Bertz CT molecular complexity index is 386. The number of carbonyl (C=O) groups is 1. The van der Waals surface area contributed by atoms with Crippen molar-refractivity contribution in [2.24, 2.45) is 5.73 Å². The first-order valence-corrected chi connectivity index (χ1v) is 7.13. The van der Waals surface area contributed by atoms with Crippen LogP contribution in [0.4, 0.5) is 4.79 Å². The third-order valence-electron chi connectivity index (χ3n) is 3.53. The van der Waals surface area contributed by atoms with Crippen LogP contribution in [-0.4, -0.2) is 43.2 Å². The molecule has 2 amide bonds. The van der Waals surface area contributed by atoms with Crippen LogP contribution in [0, 0.1) is 0 Å². The Labute approximate surface area is 119 Å². The van der Waals surface area contributed by atoms with E-state index in [1.54, 1.807) is 11.2 Å². The van der Waals surface area contributed by atoms with Crippen molar-refractivity contribution in [3.63, 3.8) is 0 Å². The summed E-state index contributed by atoms with van der Waals surface area (Å²) >= 11 is 0. The highest BCUT2D eigenvalue weighted by Gasteiger charge is 2.20. The molecule has 0 aliphatic carbocycles. The smallest absolute Gasteiger partial charge is 0.314 e. The fraction of sp³-hybridized carbons (Fsp3) is 0.643. The molecule has 112 valence electrons. The maximum absolute atomic E-state index is 11.0. The number of amides is 2. The van der Waals surface area contributed by atoms with E-state index in [2.05, 4.69) is 5.32 Å². The maximum atomic E-state index is 11.0. The molecule has 0 bridgehead atoms. The van der Waals surface area contributed by atoms with Crippen molar-refractivity contribution in [2.45, 2.75) is 31.9 Å². The van der Waals surface area contributed by atoms with E-state index >= 15 is 0 Å². The molecule has 1 fully saturated rings. The molecule has 0 unspecified atom stereocenters. The second-order valence-electron chi connectivity index (χ2n) is 5.04. The summed E-state index contributed by atoms with van der Waals surface area (Å²) < 4.78 is 10.7. The lowest BCUT2D eigenvalue weighted by Gasteiger charge is -2.31. The number of nitrogens with zero attached hydrogens (tertiary/aromatic N) is 1. The summed E-state index contributed by atoms with van der Waals surface area (Å²) in [7, 11) is 0. The van der Waals surface area contributed by atoms with Crippen molar-refractivity contribution < 1.29 is 13.9 Å². The molecule has 0 saturated carbocycles. The number of hydrogen-bond donors (Lipinski definition) is 2. The van der Waals surface area contributed by atoms with Gasteiger partial charge in [0.2, 0.25) is 0 Å². The van der Waals surface area contributed by atoms with Crippen molar-refractivity contribution in [3.8, 4) is 0 Å². The highest BCUT2D eigenvalue weighted by atomic mass is 16.5. The van der Waals surface area contributed by atoms with E-state index in [0.717, 1.165) is 44.7 Å². The SMILES string of the molecule is NC(=O)N1CCC(NCCCOCc2ccco2)CC1. The molecule has 1 aromatic rings. The lowest BCUT2D eigenvalue weighted by atomic mass is 10.1. The lowest BCUT2D eigenvalue weighted by molar-refractivity contribution is 0.103. The van der Waals surface area contributed by atoms with Crippen LogP contribution in [0.1, 0.15) is 25.0 Å². The molecular weight excluding hydrogens is 258 g/mol. The fourth-order valence-electron chi connectivity index (χ4n) is 2.35. The van der Waals surface area contributed by atoms with Crippen molar-refractivity contribution in [1.82, 2.24) is 10.2 Å². The van der Waals surface area contributed by atoms with Crippen molar-refractivity contribution in [3.05, 3.63) is 24.2 Å². The number of rotatable bonds is 7. The van der Waals surface area contributed by atoms with Crippen LogP contribution in [0.5, 0.6) is 0 Å². The number of likely N-dealkylation sites (tertiary alicyclic amines) is 1. The summed E-state index contributed by atoms with van der Waals surface area (Å²) in [4.78, 5) is 12.7. The largest absolute Gasteiger partial charge is 0.467 e. The van der Waals surface area contributed by atoms with Gasteiger partial charge in [-0.15, -0.1) is 0 Å². The van der Waals surface area contributed by atoms with Crippen molar-refractivity contribution in [2.75, 3.05) is 26.2 Å². The van der Waals surface area contributed by atoms with Crippen LogP contribution in [0.15, 0.2) is 22.8 Å². The zero-order valence-corrected chi connectivity index (χ0v) is 11.7. The van der Waals surface area contributed by atoms with Gasteiger partial charge in [0, 0.05) is 25.7 Å². The summed E-state index contributed by atoms with van der Waals surface area (Å²) in [6.07, 6.45) is 4.56. The summed E-state index contributed by atoms with van der Waals surface area (Å²) in [5, 5.41) is 3.49. The quantitative estimate of drug-likeness (QED) is 0.739. The number of primary amides is 1. The molecule has 1 aliphatic rings. The first-order chi connectivity index (χ1) is 9.75. The third kappa shape index (κ3) is 4.86. The number of urea groups is 1. The van der Waals surface area contributed by atoms with Crippen LogP contribution in [-0.2, 0) is 11.3 Å². The van der Waals surface area contributed by atoms with E-state index in [-0.39, 0.29) is 6.03 Å². The van der Waals surface area contributed by atoms with Gasteiger partial charge in [-0.3, -0.25) is 0 Å². The standard InChI is InChI=1S/C14H23N3O3/c15-14(18)17-7-4-12(5-8-17)16-6-2-9-19-11-13-3-1-10-20-13/h1,3,10,12,16H,2,4-9,11H2,(H2,15,18). The van der Waals surface area contributed by atoms with E-state index in [0.29, 0.717) is 19.3 Å². The first kappa shape index (κ1) is 14.9. The number of furan rings is 1. The van der Waals surface area contributed by atoms with E-state index < -0.39 is 0 Å². The van der Waals surface area contributed by atoms with E-state index in [1.807, 2.05) is 12.1 Å². The van der Waals surface area contributed by atoms with Gasteiger partial charge in [0.05, 0.1) is 6.26 Å². The molecule has 2 heterocycles. The summed E-state index contributed by atoms with van der Waals surface area (Å²) in [5.41, 5.74) is 5.25. The van der Waals surface area contributed by atoms with Crippen LogP contribution in [0.3, 0.4) is 0 Å². The summed E-state index contributed by atoms with van der Waals surface area (Å²) in [5.74, 6) is 0.858. The zero-order chi connectivity index (χ0) is 14.2. The number of carbonyl (C=O) groups excluding carboxylic acids is 1. The second kappa shape index (κ2) is 7.91. The molecule has 6 nitrogen and oxygen atoms in total. The number of ether oxygens (including phenoxy) is 1. The minimum absolute atomic E-state index is 0.310. The molecular formula is C14H23N3O3. The highest BCUT2D eigenvalue weighted by molar-refractivity contribution is 5.72. The fourth-order valence-corrected chi connectivity index (χ4v) is 2.35. The molecule has 20 heavy (non-hydrogen) atoms. The third-order valence-corrected chi connectivity index (χ3v) is 3.53. The predicted molar refractivity (Wildman–Crippen MR) is 75.2 cm³/mol. The van der Waals surface area contributed by atoms with Crippen LogP contribution >= 0.6 is 0 Å². The predicted octanol–water partition coefficient (Wildman–Crippen LogP) is 1.32. The summed E-state index contributed by atoms with van der Waals surface area (Å²) in [6, 6.07) is 3.94. The normalized spacial score (nSPS) is 16.5. The first-order valence-electron chi connectivity index (χ1n) is 7.13. The van der Waals surface area contributed by atoms with Gasteiger partial charge in [-0.2, -0.15) is 0 Å². The molecule has 0 aromatic carbocycles. The topological polar surface area (TPSA) is 80.7 Å². The Hall–Kier alpha value is -1.53. The van der Waals surface area contributed by atoms with Gasteiger partial charge in [-0.25, -0.2) is 4.79 Å². The average Bonchev–Trinajstić information content (AvgIpc) is 2.96. The minimum atomic E-state index is -0.310. The number of hydrogen-bond acceptors (Lipinski definition) is 4. The molecule has 6 heteroatoms. The van der Waals surface area contributed by atoms with Gasteiger partial charge in [-0.1, -0.05) is 0 Å². The molecule has 0 spiro atoms. The van der Waals surface area contributed by atoms with Crippen LogP contribution in [0.2, 0.25) is 0 Å². The van der Waals surface area contributed by atoms with Crippen LogP contribution < -0.4 is 11.1 Å². The van der Waals surface area contributed by atoms with E-state index in [4.69, 9.17) is 14.9 Å². The van der Waals surface area contributed by atoms with E-state index in [1.165, 1.54) is 0 Å². The Morgan fingerprint density at radius 1 is 1.50 bits per heavy atom. The van der Waals surface area contributed by atoms with Crippen LogP contribution in [0.25, 0.3) is 0 Å². The monoisotopic (exact) mass is 281 g/mol. The number of nitrogens with one attached hydrogen (secondary N) is 1. The zero-order valence-electron chi connectivity index (χ0n) is 11.7. The Balaban J connectivity index is 1.46. The maximum Gasteiger partial charge on any atom is 0.314 e. The van der Waals surface area contributed by atoms with Crippen molar-refractivity contribution in [1.29, 1.82) is 0 Å². The lowest BCUT2D eigenvalue weighted by Crippen LogP contribution is -2.47. The molecule has 1 saturated heterocycles. The molecule has 3 N–H and O–H groups in total. The second-order valence-corrected chi connectivity index (χ2v) is 5.04. The number of nitrogens with two attached hydrogens (primary N) is 1. The van der Waals surface area contributed by atoms with Gasteiger partial charge in [0.25, 0.3) is 0 Å². The molecule has 0 radical (unpaired) electrons. The Kier molecular flexibility index (Phi) is 5.88. The molecule has 0 atom stereocenters. The minimum Gasteiger partial charge on any atom is -0.467 e. The average molecular weight is 281 g/mol. The molecule has 2 rings (SSSR count). The van der Waals surface area contributed by atoms with Gasteiger partial charge in [0.15, 0.2) is 0 Å². The van der Waals surface area contributed by atoms with Gasteiger partial charge in [-0.05, 0) is 37.9 Å². The molecule has 1 aromatic heterocycles. The van der Waals surface area contributed by atoms with Crippen molar-refractivity contribution >= 4 is 6.03 Å². The van der Waals surface area contributed by atoms with Gasteiger partial charge < -0.3 is 25.1 Å².